The monoisotopic (exact) mass is 267 g/mol. The highest BCUT2D eigenvalue weighted by molar-refractivity contribution is 5.85. The number of hydrogen-bond donors (Lipinski definition) is 1. The Morgan fingerprint density at radius 1 is 1.16 bits per heavy atom. The second-order valence-electron chi connectivity index (χ2n) is 5.25. The largest absolute Gasteiger partial charge is 0.481 e. The van der Waals surface area contributed by atoms with Gasteiger partial charge < -0.3 is 14.7 Å². The van der Waals surface area contributed by atoms with E-state index in [0.717, 1.165) is 12.8 Å². The van der Waals surface area contributed by atoms with Gasteiger partial charge in [-0.3, -0.25) is 9.59 Å². The Labute approximate surface area is 113 Å². The Bertz CT molecular complexity index is 372. The molecule has 0 aromatic carbocycles. The van der Waals surface area contributed by atoms with E-state index in [0.29, 0.717) is 25.9 Å². The number of carboxylic acid groups (broad SMARTS) is 1. The lowest BCUT2D eigenvalue weighted by Gasteiger charge is -2.35. The van der Waals surface area contributed by atoms with Crippen molar-refractivity contribution in [2.24, 2.45) is 11.8 Å². The summed E-state index contributed by atoms with van der Waals surface area (Å²) in [7, 11) is 1.69. The van der Waals surface area contributed by atoms with Gasteiger partial charge in [0, 0.05) is 20.2 Å². The van der Waals surface area contributed by atoms with Crippen LogP contribution in [0, 0.1) is 11.8 Å². The van der Waals surface area contributed by atoms with Gasteiger partial charge in [-0.15, -0.1) is 0 Å². The van der Waals surface area contributed by atoms with Gasteiger partial charge >= 0.3 is 5.97 Å². The topological polar surface area (TPSA) is 66.8 Å². The van der Waals surface area contributed by atoms with Crippen molar-refractivity contribution in [1.29, 1.82) is 0 Å². The van der Waals surface area contributed by atoms with Crippen molar-refractivity contribution in [2.75, 3.05) is 20.2 Å². The minimum Gasteiger partial charge on any atom is -0.481 e. The van der Waals surface area contributed by atoms with Gasteiger partial charge in [-0.2, -0.15) is 0 Å². The average Bonchev–Trinajstić information content (AvgIpc) is 2.46. The Balaban J connectivity index is 1.98. The summed E-state index contributed by atoms with van der Waals surface area (Å²) in [6.45, 7) is 1.34. The van der Waals surface area contributed by atoms with Crippen LogP contribution >= 0.6 is 0 Å². The number of methoxy groups -OCH3 is 1. The van der Waals surface area contributed by atoms with Crippen LogP contribution in [0.4, 0.5) is 0 Å². The molecule has 0 saturated carbocycles. The third kappa shape index (κ3) is 3.15. The average molecular weight is 267 g/mol. The van der Waals surface area contributed by atoms with Crippen molar-refractivity contribution < 1.29 is 19.4 Å². The van der Waals surface area contributed by atoms with Gasteiger partial charge in [0.05, 0.1) is 17.9 Å². The molecule has 0 bridgehead atoms. The van der Waals surface area contributed by atoms with Crippen LogP contribution in [0.3, 0.4) is 0 Å². The van der Waals surface area contributed by atoms with Crippen molar-refractivity contribution in [3.8, 4) is 0 Å². The molecule has 1 aliphatic carbocycles. The van der Waals surface area contributed by atoms with Crippen LogP contribution in [0.15, 0.2) is 12.2 Å². The number of likely N-dealkylation sites (tertiary alicyclic amines) is 1. The summed E-state index contributed by atoms with van der Waals surface area (Å²) in [4.78, 5) is 25.5. The highest BCUT2D eigenvalue weighted by Gasteiger charge is 2.37. The molecular formula is C14H21NO4. The second kappa shape index (κ2) is 6.19. The van der Waals surface area contributed by atoms with E-state index in [9.17, 15) is 14.7 Å². The van der Waals surface area contributed by atoms with Gasteiger partial charge in [-0.1, -0.05) is 12.2 Å². The van der Waals surface area contributed by atoms with Crippen LogP contribution in [0.1, 0.15) is 25.7 Å². The molecule has 19 heavy (non-hydrogen) atoms. The number of piperidine rings is 1. The third-order valence-corrected chi connectivity index (χ3v) is 4.15. The van der Waals surface area contributed by atoms with Crippen molar-refractivity contribution in [3.63, 3.8) is 0 Å². The van der Waals surface area contributed by atoms with Crippen molar-refractivity contribution in [2.45, 2.75) is 31.8 Å². The summed E-state index contributed by atoms with van der Waals surface area (Å²) in [5, 5.41) is 9.21. The smallest absolute Gasteiger partial charge is 0.307 e. The molecule has 0 unspecified atom stereocenters. The maximum Gasteiger partial charge on any atom is 0.307 e. The molecule has 1 N–H and O–H groups in total. The van der Waals surface area contributed by atoms with Crippen LogP contribution in [-0.2, 0) is 14.3 Å². The zero-order valence-corrected chi connectivity index (χ0v) is 11.2. The number of rotatable bonds is 3. The van der Waals surface area contributed by atoms with E-state index in [-0.39, 0.29) is 12.0 Å². The van der Waals surface area contributed by atoms with Crippen LogP contribution in [0.2, 0.25) is 0 Å². The Kier molecular flexibility index (Phi) is 4.58. The lowest BCUT2D eigenvalue weighted by Crippen LogP contribution is -2.46. The number of carbonyl (C=O) groups is 2. The lowest BCUT2D eigenvalue weighted by atomic mass is 9.82. The van der Waals surface area contributed by atoms with E-state index < -0.39 is 17.8 Å². The predicted octanol–water partition coefficient (Wildman–Crippen LogP) is 1.29. The molecule has 2 rings (SSSR count). The van der Waals surface area contributed by atoms with Crippen molar-refractivity contribution in [3.05, 3.63) is 12.2 Å². The molecule has 1 fully saturated rings. The predicted molar refractivity (Wildman–Crippen MR) is 69.6 cm³/mol. The van der Waals surface area contributed by atoms with Gasteiger partial charge in [0.2, 0.25) is 5.91 Å². The second-order valence-corrected chi connectivity index (χ2v) is 5.25. The van der Waals surface area contributed by atoms with Crippen molar-refractivity contribution >= 4 is 11.9 Å². The summed E-state index contributed by atoms with van der Waals surface area (Å²) in [6.07, 6.45) is 6.68. The Hall–Kier alpha value is -1.36. The lowest BCUT2D eigenvalue weighted by molar-refractivity contribution is -0.151. The van der Waals surface area contributed by atoms with E-state index in [4.69, 9.17) is 4.74 Å². The fraction of sp³-hybridized carbons (Fsp3) is 0.714. The Morgan fingerprint density at radius 3 is 2.26 bits per heavy atom. The number of ether oxygens (including phenoxy) is 1. The molecule has 1 heterocycles. The van der Waals surface area contributed by atoms with Gasteiger partial charge in [0.1, 0.15) is 0 Å². The normalized spacial score (nSPS) is 28.4. The molecule has 2 atom stereocenters. The van der Waals surface area contributed by atoms with E-state index in [1.165, 1.54) is 0 Å². The Morgan fingerprint density at radius 2 is 1.74 bits per heavy atom. The molecule has 0 spiro atoms. The van der Waals surface area contributed by atoms with E-state index in [1.54, 1.807) is 12.0 Å². The molecular weight excluding hydrogens is 246 g/mol. The zero-order valence-electron chi connectivity index (χ0n) is 11.2. The first-order chi connectivity index (χ1) is 9.13. The zero-order chi connectivity index (χ0) is 13.8. The van der Waals surface area contributed by atoms with Gasteiger partial charge in [-0.25, -0.2) is 0 Å². The maximum atomic E-state index is 12.5. The summed E-state index contributed by atoms with van der Waals surface area (Å²) in [6, 6.07) is 0. The standard InChI is InChI=1S/C14H21NO4/c1-19-10-6-8-15(9-7-10)13(16)11-4-2-3-5-12(11)14(17)18/h2-3,10-12H,4-9H2,1H3,(H,17,18)/t11-,12+/m1/s1. The number of nitrogens with zero attached hydrogens (tertiary/aromatic N) is 1. The SMILES string of the molecule is COC1CCN(C(=O)[C@@H]2CC=CC[C@@H]2C(=O)O)CC1. The van der Waals surface area contributed by atoms with Crippen LogP contribution in [0.5, 0.6) is 0 Å². The van der Waals surface area contributed by atoms with Gasteiger partial charge in [0.25, 0.3) is 0 Å². The molecule has 0 aromatic rings. The molecule has 2 aliphatic rings. The summed E-state index contributed by atoms with van der Waals surface area (Å²) < 4.78 is 5.28. The molecule has 5 heteroatoms. The van der Waals surface area contributed by atoms with Crippen LogP contribution < -0.4 is 0 Å². The summed E-state index contributed by atoms with van der Waals surface area (Å²) in [5.41, 5.74) is 0. The number of carboxylic acids is 1. The molecule has 106 valence electrons. The van der Waals surface area contributed by atoms with Gasteiger partial charge in [-0.05, 0) is 25.7 Å². The first-order valence-corrected chi connectivity index (χ1v) is 6.83. The first-order valence-electron chi connectivity index (χ1n) is 6.83. The highest BCUT2D eigenvalue weighted by atomic mass is 16.5. The fourth-order valence-corrected chi connectivity index (χ4v) is 2.91. The van der Waals surface area contributed by atoms with Crippen molar-refractivity contribution in [1.82, 2.24) is 4.90 Å². The summed E-state index contributed by atoms with van der Waals surface area (Å²) >= 11 is 0. The number of amides is 1. The summed E-state index contributed by atoms with van der Waals surface area (Å²) in [5.74, 6) is -1.85. The first kappa shape index (κ1) is 14.1. The molecule has 1 saturated heterocycles. The van der Waals surface area contributed by atoms with E-state index in [1.807, 2.05) is 12.2 Å². The third-order valence-electron chi connectivity index (χ3n) is 4.15. The van der Waals surface area contributed by atoms with E-state index >= 15 is 0 Å². The molecule has 1 aliphatic heterocycles. The number of hydrogen-bond acceptors (Lipinski definition) is 3. The van der Waals surface area contributed by atoms with E-state index in [2.05, 4.69) is 0 Å². The fourth-order valence-electron chi connectivity index (χ4n) is 2.91. The number of aliphatic carboxylic acids is 1. The number of allylic oxidation sites excluding steroid dienone is 2. The number of carbonyl (C=O) groups excluding carboxylic acids is 1. The molecule has 5 nitrogen and oxygen atoms in total. The minimum atomic E-state index is -0.866. The quantitative estimate of drug-likeness (QED) is 0.782. The van der Waals surface area contributed by atoms with Gasteiger partial charge in [0.15, 0.2) is 0 Å². The molecule has 0 radical (unpaired) electrons. The minimum absolute atomic E-state index is 0.00805. The van der Waals surface area contributed by atoms with Crippen LogP contribution in [0.25, 0.3) is 0 Å². The van der Waals surface area contributed by atoms with Crippen LogP contribution in [-0.4, -0.2) is 48.2 Å². The maximum absolute atomic E-state index is 12.5. The molecule has 0 aromatic heterocycles. The molecule has 1 amide bonds. The highest BCUT2D eigenvalue weighted by Crippen LogP contribution is 2.28.